The van der Waals surface area contributed by atoms with Crippen LogP contribution in [0.2, 0.25) is 0 Å². The molecule has 0 aliphatic carbocycles. The van der Waals surface area contributed by atoms with Crippen LogP contribution in [0.4, 0.5) is 5.69 Å². The Balaban J connectivity index is 2.21. The third kappa shape index (κ3) is 1.80. The predicted molar refractivity (Wildman–Crippen MR) is 63.3 cm³/mol. The van der Waals surface area contributed by atoms with Crippen molar-refractivity contribution >= 4 is 5.69 Å². The van der Waals surface area contributed by atoms with Gasteiger partial charge in [-0.05, 0) is 26.8 Å². The van der Waals surface area contributed by atoms with E-state index < -0.39 is 0 Å². The standard InChI is InChI=1S/C11H17N5/c1-7(10-5-6-12-14-10)13-11-8(2)15-16(4)9(11)3/h5-7,13H,1-4H3,(H,12,14). The maximum absolute atomic E-state index is 4.37. The van der Waals surface area contributed by atoms with E-state index in [0.29, 0.717) is 0 Å². The number of aryl methyl sites for hydroxylation is 2. The third-order valence-corrected chi connectivity index (χ3v) is 2.86. The molecule has 5 heteroatoms. The molecule has 5 nitrogen and oxygen atoms in total. The highest BCUT2D eigenvalue weighted by Crippen LogP contribution is 2.23. The van der Waals surface area contributed by atoms with Crippen molar-refractivity contribution in [1.82, 2.24) is 20.0 Å². The highest BCUT2D eigenvalue weighted by atomic mass is 15.3. The van der Waals surface area contributed by atoms with Crippen molar-refractivity contribution in [2.75, 3.05) is 5.32 Å². The van der Waals surface area contributed by atoms with Crippen LogP contribution in [-0.2, 0) is 7.05 Å². The van der Waals surface area contributed by atoms with Crippen LogP contribution >= 0.6 is 0 Å². The number of aromatic nitrogens is 4. The van der Waals surface area contributed by atoms with Gasteiger partial charge >= 0.3 is 0 Å². The number of rotatable bonds is 3. The van der Waals surface area contributed by atoms with Crippen molar-refractivity contribution in [2.45, 2.75) is 26.8 Å². The number of anilines is 1. The lowest BCUT2D eigenvalue weighted by atomic mass is 10.2. The minimum absolute atomic E-state index is 0.198. The Bertz CT molecular complexity index is 469. The summed E-state index contributed by atoms with van der Waals surface area (Å²) in [5.41, 5.74) is 4.34. The van der Waals surface area contributed by atoms with Gasteiger partial charge in [0, 0.05) is 13.2 Å². The number of H-pyrrole nitrogens is 1. The van der Waals surface area contributed by atoms with Gasteiger partial charge in [-0.3, -0.25) is 9.78 Å². The number of nitrogens with zero attached hydrogens (tertiary/aromatic N) is 3. The number of hydrogen-bond acceptors (Lipinski definition) is 3. The number of nitrogens with one attached hydrogen (secondary N) is 2. The smallest absolute Gasteiger partial charge is 0.0828 e. The molecule has 2 aromatic heterocycles. The van der Waals surface area contributed by atoms with Crippen LogP contribution < -0.4 is 5.32 Å². The van der Waals surface area contributed by atoms with Crippen molar-refractivity contribution in [1.29, 1.82) is 0 Å². The van der Waals surface area contributed by atoms with Crippen LogP contribution in [0.5, 0.6) is 0 Å². The van der Waals surface area contributed by atoms with Crippen LogP contribution in [0.3, 0.4) is 0 Å². The zero-order valence-electron chi connectivity index (χ0n) is 10.1. The van der Waals surface area contributed by atoms with Gasteiger partial charge in [-0.15, -0.1) is 0 Å². The molecule has 1 unspecified atom stereocenters. The summed E-state index contributed by atoms with van der Waals surface area (Å²) in [6, 6.07) is 2.17. The van der Waals surface area contributed by atoms with Crippen molar-refractivity contribution in [2.24, 2.45) is 7.05 Å². The summed E-state index contributed by atoms with van der Waals surface area (Å²) in [4.78, 5) is 0. The molecule has 16 heavy (non-hydrogen) atoms. The molecule has 0 bridgehead atoms. The summed E-state index contributed by atoms with van der Waals surface area (Å²) >= 11 is 0. The molecule has 0 aromatic carbocycles. The minimum atomic E-state index is 0.198. The maximum Gasteiger partial charge on any atom is 0.0828 e. The fourth-order valence-corrected chi connectivity index (χ4v) is 1.78. The lowest BCUT2D eigenvalue weighted by molar-refractivity contribution is 0.731. The van der Waals surface area contributed by atoms with E-state index in [1.54, 1.807) is 6.20 Å². The van der Waals surface area contributed by atoms with Gasteiger partial charge in [0.15, 0.2) is 0 Å². The highest BCUT2D eigenvalue weighted by Gasteiger charge is 2.13. The molecular weight excluding hydrogens is 202 g/mol. The third-order valence-electron chi connectivity index (χ3n) is 2.86. The Morgan fingerprint density at radius 3 is 2.69 bits per heavy atom. The van der Waals surface area contributed by atoms with Gasteiger partial charge in [0.05, 0.1) is 28.8 Å². The second-order valence-corrected chi connectivity index (χ2v) is 4.05. The van der Waals surface area contributed by atoms with E-state index in [-0.39, 0.29) is 6.04 Å². The molecule has 0 spiro atoms. The van der Waals surface area contributed by atoms with Crippen LogP contribution in [-0.4, -0.2) is 20.0 Å². The van der Waals surface area contributed by atoms with Crippen molar-refractivity contribution in [3.8, 4) is 0 Å². The summed E-state index contributed by atoms with van der Waals surface area (Å²) < 4.78 is 1.89. The van der Waals surface area contributed by atoms with E-state index in [2.05, 4.69) is 34.5 Å². The second kappa shape index (κ2) is 4.00. The van der Waals surface area contributed by atoms with Crippen LogP contribution in [0.25, 0.3) is 0 Å². The highest BCUT2D eigenvalue weighted by molar-refractivity contribution is 5.53. The van der Waals surface area contributed by atoms with Crippen LogP contribution in [0.1, 0.15) is 30.0 Å². The maximum atomic E-state index is 4.37. The summed E-state index contributed by atoms with van der Waals surface area (Å²) in [7, 11) is 1.95. The summed E-state index contributed by atoms with van der Waals surface area (Å²) in [5, 5.41) is 14.7. The molecule has 0 aliphatic heterocycles. The first-order valence-electron chi connectivity index (χ1n) is 5.35. The van der Waals surface area contributed by atoms with Gasteiger partial charge in [-0.1, -0.05) is 0 Å². The first kappa shape index (κ1) is 10.7. The van der Waals surface area contributed by atoms with Crippen molar-refractivity contribution in [3.05, 3.63) is 29.3 Å². The van der Waals surface area contributed by atoms with Crippen LogP contribution in [0, 0.1) is 13.8 Å². The summed E-state index contributed by atoms with van der Waals surface area (Å²) in [6.45, 7) is 6.16. The fourth-order valence-electron chi connectivity index (χ4n) is 1.78. The minimum Gasteiger partial charge on any atom is -0.374 e. The zero-order chi connectivity index (χ0) is 11.7. The first-order chi connectivity index (χ1) is 7.59. The zero-order valence-corrected chi connectivity index (χ0v) is 10.1. The van der Waals surface area contributed by atoms with Crippen molar-refractivity contribution < 1.29 is 0 Å². The SMILES string of the molecule is Cc1nn(C)c(C)c1NC(C)c1ccn[nH]1. The van der Waals surface area contributed by atoms with Gasteiger partial charge in [-0.25, -0.2) is 0 Å². The van der Waals surface area contributed by atoms with E-state index in [1.807, 2.05) is 24.7 Å². The molecule has 0 radical (unpaired) electrons. The monoisotopic (exact) mass is 219 g/mol. The molecule has 0 aliphatic rings. The van der Waals surface area contributed by atoms with Gasteiger partial charge < -0.3 is 5.32 Å². The molecule has 0 amide bonds. The molecule has 2 N–H and O–H groups in total. The van der Waals surface area contributed by atoms with E-state index in [1.165, 1.54) is 0 Å². The molecule has 0 fully saturated rings. The lowest BCUT2D eigenvalue weighted by Gasteiger charge is -2.13. The van der Waals surface area contributed by atoms with Crippen LogP contribution in [0.15, 0.2) is 12.3 Å². The van der Waals surface area contributed by atoms with E-state index in [0.717, 1.165) is 22.8 Å². The molecule has 86 valence electrons. The Kier molecular flexibility index (Phi) is 2.68. The average molecular weight is 219 g/mol. The van der Waals surface area contributed by atoms with Gasteiger partial charge in [0.2, 0.25) is 0 Å². The number of aromatic amines is 1. The Morgan fingerprint density at radius 2 is 2.19 bits per heavy atom. The Hall–Kier alpha value is -1.78. The van der Waals surface area contributed by atoms with E-state index in [4.69, 9.17) is 0 Å². The normalized spacial score (nSPS) is 12.8. The average Bonchev–Trinajstić information content (AvgIpc) is 2.83. The van der Waals surface area contributed by atoms with Crippen molar-refractivity contribution in [3.63, 3.8) is 0 Å². The second-order valence-electron chi connectivity index (χ2n) is 4.05. The largest absolute Gasteiger partial charge is 0.374 e. The Labute approximate surface area is 94.9 Å². The number of hydrogen-bond donors (Lipinski definition) is 2. The molecule has 2 rings (SSSR count). The van der Waals surface area contributed by atoms with Gasteiger partial charge in [0.1, 0.15) is 0 Å². The topological polar surface area (TPSA) is 58.5 Å². The first-order valence-corrected chi connectivity index (χ1v) is 5.35. The molecule has 0 saturated carbocycles. The van der Waals surface area contributed by atoms with Gasteiger partial charge in [-0.2, -0.15) is 10.2 Å². The Morgan fingerprint density at radius 1 is 1.44 bits per heavy atom. The molecule has 0 saturated heterocycles. The summed E-state index contributed by atoms with van der Waals surface area (Å²) in [5.74, 6) is 0. The fraction of sp³-hybridized carbons (Fsp3) is 0.455. The summed E-state index contributed by atoms with van der Waals surface area (Å²) in [6.07, 6.45) is 1.76. The van der Waals surface area contributed by atoms with E-state index >= 15 is 0 Å². The molecule has 1 atom stereocenters. The quantitative estimate of drug-likeness (QED) is 0.829. The molecular formula is C11H17N5. The predicted octanol–water partition coefficient (Wildman–Crippen LogP) is 1.93. The lowest BCUT2D eigenvalue weighted by Crippen LogP contribution is -2.08. The van der Waals surface area contributed by atoms with E-state index in [9.17, 15) is 0 Å². The molecule has 2 heterocycles. The van der Waals surface area contributed by atoms with Gasteiger partial charge in [0.25, 0.3) is 0 Å². The molecule has 2 aromatic rings.